The van der Waals surface area contributed by atoms with Gasteiger partial charge in [-0.25, -0.2) is 5.90 Å². The van der Waals surface area contributed by atoms with Crippen molar-refractivity contribution >= 4 is 0 Å². The summed E-state index contributed by atoms with van der Waals surface area (Å²) in [5, 5.41) is 36.4. The molecule has 0 aromatic carbocycles. The number of aliphatic hydroxyl groups excluding tert-OH is 4. The largest absolute Gasteiger partial charge is 0.394 e. The summed E-state index contributed by atoms with van der Waals surface area (Å²) in [6.07, 6.45) is -6.48. The van der Waals surface area contributed by atoms with Crippen LogP contribution in [0, 0.1) is 0 Å². The lowest BCUT2D eigenvalue weighted by Crippen LogP contribution is -2.59. The van der Waals surface area contributed by atoms with E-state index in [0.29, 0.717) is 0 Å². The van der Waals surface area contributed by atoms with Crippen LogP contribution in [0.2, 0.25) is 0 Å². The molecule has 0 aliphatic carbocycles. The SMILES string of the molecule is NO[C@H]1O[C@H](CO)[C@@H](O)[C@H](O)[C@H]1O. The number of hydrogen-bond acceptors (Lipinski definition) is 7. The highest BCUT2D eigenvalue weighted by Crippen LogP contribution is 2.20. The predicted octanol–water partition coefficient (Wildman–Crippen LogP) is -3.32. The van der Waals surface area contributed by atoms with Gasteiger partial charge in [0.15, 0.2) is 0 Å². The van der Waals surface area contributed by atoms with Crippen LogP contribution < -0.4 is 5.90 Å². The maximum absolute atomic E-state index is 9.23. The molecule has 7 nitrogen and oxygen atoms in total. The fraction of sp³-hybridized carbons (Fsp3) is 1.00. The van der Waals surface area contributed by atoms with Crippen LogP contribution in [0.4, 0.5) is 0 Å². The quantitative estimate of drug-likeness (QED) is 0.292. The Bertz CT molecular complexity index is 147. The van der Waals surface area contributed by atoms with E-state index in [2.05, 4.69) is 4.84 Å². The zero-order valence-corrected chi connectivity index (χ0v) is 6.78. The van der Waals surface area contributed by atoms with Gasteiger partial charge in [-0.2, -0.15) is 0 Å². The Morgan fingerprint density at radius 3 is 2.23 bits per heavy atom. The van der Waals surface area contributed by atoms with Gasteiger partial charge in [0.05, 0.1) is 6.61 Å². The van der Waals surface area contributed by atoms with Crippen LogP contribution in [0.15, 0.2) is 0 Å². The van der Waals surface area contributed by atoms with Crippen molar-refractivity contribution in [2.75, 3.05) is 6.61 Å². The fourth-order valence-corrected chi connectivity index (χ4v) is 1.18. The Morgan fingerprint density at radius 1 is 1.15 bits per heavy atom. The zero-order chi connectivity index (χ0) is 10.0. The van der Waals surface area contributed by atoms with Gasteiger partial charge in [-0.3, -0.25) is 4.84 Å². The normalized spacial score (nSPS) is 46.4. The van der Waals surface area contributed by atoms with Gasteiger partial charge in [0, 0.05) is 0 Å². The molecule has 1 aliphatic rings. The number of hydrogen-bond donors (Lipinski definition) is 5. The smallest absolute Gasteiger partial charge is 0.206 e. The van der Waals surface area contributed by atoms with Gasteiger partial charge < -0.3 is 25.2 Å². The summed E-state index contributed by atoms with van der Waals surface area (Å²) in [5.41, 5.74) is 0. The molecule has 0 radical (unpaired) electrons. The molecule has 13 heavy (non-hydrogen) atoms. The summed E-state index contributed by atoms with van der Waals surface area (Å²) in [4.78, 5) is 4.20. The summed E-state index contributed by atoms with van der Waals surface area (Å²) >= 11 is 0. The van der Waals surface area contributed by atoms with Crippen molar-refractivity contribution in [3.8, 4) is 0 Å². The average molecular weight is 195 g/mol. The first-order valence-corrected chi connectivity index (χ1v) is 3.78. The van der Waals surface area contributed by atoms with Crippen LogP contribution in [-0.2, 0) is 9.57 Å². The zero-order valence-electron chi connectivity index (χ0n) is 6.78. The first-order chi connectivity index (χ1) is 6.11. The maximum atomic E-state index is 9.23. The summed E-state index contributed by atoms with van der Waals surface area (Å²) in [7, 11) is 0. The molecular formula is C6H13NO6. The van der Waals surface area contributed by atoms with Crippen molar-refractivity contribution in [3.05, 3.63) is 0 Å². The Hall–Kier alpha value is -0.280. The average Bonchev–Trinajstić information content (AvgIpc) is 2.15. The third-order valence-electron chi connectivity index (χ3n) is 1.98. The summed E-state index contributed by atoms with van der Waals surface area (Å²) in [6.45, 7) is -0.495. The molecule has 0 aromatic rings. The number of aliphatic hydroxyl groups is 4. The van der Waals surface area contributed by atoms with E-state index in [1.807, 2.05) is 0 Å². The van der Waals surface area contributed by atoms with Gasteiger partial charge in [0.1, 0.15) is 24.4 Å². The van der Waals surface area contributed by atoms with Crippen LogP contribution in [0.1, 0.15) is 0 Å². The number of rotatable bonds is 2. The molecule has 78 valence electrons. The van der Waals surface area contributed by atoms with Crippen molar-refractivity contribution < 1.29 is 30.0 Å². The van der Waals surface area contributed by atoms with E-state index in [9.17, 15) is 15.3 Å². The molecule has 1 rings (SSSR count). The van der Waals surface area contributed by atoms with Gasteiger partial charge in [-0.15, -0.1) is 0 Å². The summed E-state index contributed by atoms with van der Waals surface area (Å²) < 4.78 is 4.82. The number of nitrogens with two attached hydrogens (primary N) is 1. The minimum absolute atomic E-state index is 0.495. The first kappa shape index (κ1) is 10.8. The van der Waals surface area contributed by atoms with E-state index >= 15 is 0 Å². The van der Waals surface area contributed by atoms with Crippen LogP contribution >= 0.6 is 0 Å². The summed E-state index contributed by atoms with van der Waals surface area (Å²) in [6, 6.07) is 0. The van der Waals surface area contributed by atoms with Crippen LogP contribution in [0.5, 0.6) is 0 Å². The van der Waals surface area contributed by atoms with Gasteiger partial charge in [0.25, 0.3) is 0 Å². The predicted molar refractivity (Wildman–Crippen MR) is 39.0 cm³/mol. The molecule has 1 saturated heterocycles. The molecule has 1 fully saturated rings. The van der Waals surface area contributed by atoms with Gasteiger partial charge in [-0.05, 0) is 0 Å². The standard InChI is InChI=1S/C6H13NO6/c7-13-6-5(11)4(10)3(9)2(1-8)12-6/h2-6,8-11H,1,7H2/t2-,3-,4+,5-,6-/m1/s1. The van der Waals surface area contributed by atoms with E-state index in [1.54, 1.807) is 0 Å². The first-order valence-electron chi connectivity index (χ1n) is 3.78. The highest BCUT2D eigenvalue weighted by molar-refractivity contribution is 4.88. The molecule has 5 atom stereocenters. The van der Waals surface area contributed by atoms with Crippen LogP contribution in [-0.4, -0.2) is 57.7 Å². The van der Waals surface area contributed by atoms with E-state index < -0.39 is 37.3 Å². The monoisotopic (exact) mass is 195 g/mol. The maximum Gasteiger partial charge on any atom is 0.206 e. The van der Waals surface area contributed by atoms with Gasteiger partial charge >= 0.3 is 0 Å². The fourth-order valence-electron chi connectivity index (χ4n) is 1.18. The molecule has 0 spiro atoms. The molecule has 1 aliphatic heterocycles. The lowest BCUT2D eigenvalue weighted by atomic mass is 9.99. The van der Waals surface area contributed by atoms with E-state index in [0.717, 1.165) is 0 Å². The van der Waals surface area contributed by atoms with Crippen LogP contribution in [0.3, 0.4) is 0 Å². The molecule has 7 heteroatoms. The molecule has 6 N–H and O–H groups in total. The third-order valence-corrected chi connectivity index (χ3v) is 1.98. The highest BCUT2D eigenvalue weighted by Gasteiger charge is 2.43. The van der Waals surface area contributed by atoms with Crippen molar-refractivity contribution in [1.82, 2.24) is 0 Å². The van der Waals surface area contributed by atoms with Gasteiger partial charge in [-0.1, -0.05) is 0 Å². The van der Waals surface area contributed by atoms with Crippen LogP contribution in [0.25, 0.3) is 0 Å². The third kappa shape index (κ3) is 1.97. The second kappa shape index (κ2) is 4.29. The minimum atomic E-state index is -1.44. The van der Waals surface area contributed by atoms with E-state index in [4.69, 9.17) is 15.7 Å². The Morgan fingerprint density at radius 2 is 1.77 bits per heavy atom. The highest BCUT2D eigenvalue weighted by atomic mass is 16.8. The molecule has 0 aromatic heterocycles. The molecular weight excluding hydrogens is 182 g/mol. The second-order valence-electron chi connectivity index (χ2n) is 2.83. The molecule has 0 bridgehead atoms. The van der Waals surface area contributed by atoms with Gasteiger partial charge in [0.2, 0.25) is 6.29 Å². The lowest BCUT2D eigenvalue weighted by molar-refractivity contribution is -0.302. The Kier molecular flexibility index (Phi) is 3.56. The number of ether oxygens (including phenoxy) is 1. The summed E-state index contributed by atoms with van der Waals surface area (Å²) in [5.74, 6) is 4.76. The topological polar surface area (TPSA) is 125 Å². The second-order valence-corrected chi connectivity index (χ2v) is 2.83. The Labute approximate surface area is 74.3 Å². The van der Waals surface area contributed by atoms with E-state index in [1.165, 1.54) is 0 Å². The van der Waals surface area contributed by atoms with Crippen molar-refractivity contribution in [2.24, 2.45) is 5.90 Å². The van der Waals surface area contributed by atoms with Crippen molar-refractivity contribution in [2.45, 2.75) is 30.7 Å². The minimum Gasteiger partial charge on any atom is -0.394 e. The van der Waals surface area contributed by atoms with Crippen molar-refractivity contribution in [1.29, 1.82) is 0 Å². The Balaban J connectivity index is 2.66. The van der Waals surface area contributed by atoms with E-state index in [-0.39, 0.29) is 0 Å². The lowest BCUT2D eigenvalue weighted by Gasteiger charge is -2.38. The molecule has 0 unspecified atom stereocenters. The molecule has 0 amide bonds. The molecule has 0 saturated carbocycles. The van der Waals surface area contributed by atoms with Crippen molar-refractivity contribution in [3.63, 3.8) is 0 Å². The molecule has 1 heterocycles.